The van der Waals surface area contributed by atoms with Gasteiger partial charge in [-0.1, -0.05) is 79.7 Å². The quantitative estimate of drug-likeness (QED) is 0.278. The van der Waals surface area contributed by atoms with Crippen molar-refractivity contribution in [3.05, 3.63) is 101 Å². The molecular weight excluding hydrogens is 534 g/mol. The van der Waals surface area contributed by atoms with Crippen molar-refractivity contribution in [1.82, 2.24) is 10.2 Å². The maximum atomic E-state index is 14.0. The van der Waals surface area contributed by atoms with E-state index < -0.39 is 16.1 Å². The first-order valence-electron chi connectivity index (χ1n) is 14.2. The minimum atomic E-state index is -3.56. The second-order valence-electron chi connectivity index (χ2n) is 10.7. The van der Waals surface area contributed by atoms with Gasteiger partial charge in [0.05, 0.1) is 11.9 Å². The Morgan fingerprint density at radius 2 is 1.49 bits per heavy atom. The Bertz CT molecular complexity index is 1410. The van der Waals surface area contributed by atoms with Gasteiger partial charge in [0.2, 0.25) is 21.8 Å². The van der Waals surface area contributed by atoms with E-state index in [0.717, 1.165) is 28.7 Å². The van der Waals surface area contributed by atoms with Gasteiger partial charge in [0.1, 0.15) is 6.04 Å². The van der Waals surface area contributed by atoms with Crippen molar-refractivity contribution < 1.29 is 18.0 Å². The van der Waals surface area contributed by atoms with E-state index in [1.165, 1.54) is 10.6 Å². The molecule has 0 aliphatic heterocycles. The van der Waals surface area contributed by atoms with Crippen LogP contribution in [0.25, 0.3) is 0 Å². The third kappa shape index (κ3) is 9.18. The highest BCUT2D eigenvalue weighted by atomic mass is 32.2. The molecule has 0 saturated carbocycles. The molecule has 3 aromatic rings. The second kappa shape index (κ2) is 14.8. The van der Waals surface area contributed by atoms with Gasteiger partial charge < -0.3 is 10.2 Å². The molecule has 1 N–H and O–H groups in total. The van der Waals surface area contributed by atoms with Crippen molar-refractivity contribution in [2.24, 2.45) is 0 Å². The molecule has 0 unspecified atom stereocenters. The van der Waals surface area contributed by atoms with E-state index in [0.29, 0.717) is 18.5 Å². The number of carbonyl (C=O) groups is 2. The lowest BCUT2D eigenvalue weighted by Gasteiger charge is -2.33. The number of anilines is 1. The van der Waals surface area contributed by atoms with Crippen LogP contribution in [0.2, 0.25) is 0 Å². The fourth-order valence-corrected chi connectivity index (χ4v) is 5.81. The lowest BCUT2D eigenvalue weighted by atomic mass is 10.0. The predicted octanol–water partition coefficient (Wildman–Crippen LogP) is 5.40. The molecule has 0 spiro atoms. The lowest BCUT2D eigenvalue weighted by molar-refractivity contribution is -0.141. The highest BCUT2D eigenvalue weighted by Gasteiger charge is 2.31. The Morgan fingerprint density at radius 1 is 0.878 bits per heavy atom. The monoisotopic (exact) mass is 577 g/mol. The van der Waals surface area contributed by atoms with Crippen molar-refractivity contribution in [3.63, 3.8) is 0 Å². The minimum absolute atomic E-state index is 0.0337. The number of hydrogen-bond acceptors (Lipinski definition) is 4. The number of amides is 2. The molecule has 7 nitrogen and oxygen atoms in total. The molecule has 0 bridgehead atoms. The third-order valence-corrected chi connectivity index (χ3v) is 8.59. The summed E-state index contributed by atoms with van der Waals surface area (Å²) in [5, 5.41) is 3.09. The van der Waals surface area contributed by atoms with Crippen LogP contribution in [0.1, 0.15) is 55.4 Å². The molecule has 8 heteroatoms. The molecule has 0 heterocycles. The molecule has 2 amide bonds. The van der Waals surface area contributed by atoms with E-state index in [4.69, 9.17) is 0 Å². The van der Waals surface area contributed by atoms with Gasteiger partial charge in [-0.2, -0.15) is 0 Å². The van der Waals surface area contributed by atoms with Gasteiger partial charge >= 0.3 is 0 Å². The topological polar surface area (TPSA) is 86.8 Å². The first kappa shape index (κ1) is 31.9. The maximum Gasteiger partial charge on any atom is 0.243 e. The van der Waals surface area contributed by atoms with Gasteiger partial charge in [0.15, 0.2) is 0 Å². The van der Waals surface area contributed by atoms with Crippen molar-refractivity contribution in [2.75, 3.05) is 17.1 Å². The number of hydrogen-bond donors (Lipinski definition) is 1. The number of nitrogens with one attached hydrogen (secondary N) is 1. The second-order valence-corrected chi connectivity index (χ2v) is 12.6. The Labute approximate surface area is 245 Å². The lowest BCUT2D eigenvalue weighted by Crippen LogP contribution is -2.52. The van der Waals surface area contributed by atoms with Crippen LogP contribution in [0.3, 0.4) is 0 Å². The summed E-state index contributed by atoms with van der Waals surface area (Å²) >= 11 is 0. The summed E-state index contributed by atoms with van der Waals surface area (Å²) in [5.74, 6) is -0.380. The number of nitrogens with zero attached hydrogens (tertiary/aromatic N) is 2. The van der Waals surface area contributed by atoms with Crippen LogP contribution in [-0.4, -0.2) is 50.0 Å². The number of sulfonamides is 1. The van der Waals surface area contributed by atoms with E-state index in [1.54, 1.807) is 17.0 Å². The number of aryl methyl sites for hydroxylation is 2. The molecule has 0 aromatic heterocycles. The zero-order chi connectivity index (χ0) is 30.0. The molecule has 0 aliphatic carbocycles. The van der Waals surface area contributed by atoms with E-state index >= 15 is 0 Å². The average molecular weight is 578 g/mol. The first-order valence-corrected chi connectivity index (χ1v) is 16.1. The van der Waals surface area contributed by atoms with Crippen LogP contribution in [-0.2, 0) is 32.6 Å². The van der Waals surface area contributed by atoms with Crippen LogP contribution >= 0.6 is 0 Å². The average Bonchev–Trinajstić information content (AvgIpc) is 2.94. The Morgan fingerprint density at radius 3 is 2.10 bits per heavy atom. The molecule has 2 atom stereocenters. The molecule has 220 valence electrons. The minimum Gasteiger partial charge on any atom is -0.352 e. The van der Waals surface area contributed by atoms with Crippen molar-refractivity contribution >= 4 is 27.5 Å². The highest BCUT2D eigenvalue weighted by Crippen LogP contribution is 2.23. The highest BCUT2D eigenvalue weighted by molar-refractivity contribution is 7.92. The van der Waals surface area contributed by atoms with Gasteiger partial charge in [-0.3, -0.25) is 13.9 Å². The van der Waals surface area contributed by atoms with Crippen molar-refractivity contribution in [3.8, 4) is 0 Å². The van der Waals surface area contributed by atoms with Crippen LogP contribution in [0.15, 0.2) is 78.9 Å². The summed E-state index contributed by atoms with van der Waals surface area (Å²) in [6, 6.07) is 24.1. The predicted molar refractivity (Wildman–Crippen MR) is 166 cm³/mol. The number of carbonyl (C=O) groups excluding carboxylic acids is 2. The summed E-state index contributed by atoms with van der Waals surface area (Å²) in [4.78, 5) is 29.3. The van der Waals surface area contributed by atoms with Gasteiger partial charge in [0, 0.05) is 32.0 Å². The molecular formula is C33H43N3O4S. The van der Waals surface area contributed by atoms with E-state index in [1.807, 2.05) is 94.4 Å². The first-order chi connectivity index (χ1) is 19.5. The molecule has 41 heavy (non-hydrogen) atoms. The molecule has 0 saturated heterocycles. The SMILES string of the molecule is CC[C@@H](C)NC(=O)[C@@H](Cc1ccccc1)N(Cc1ccccc1C)C(=O)CCCN(c1ccccc1C)S(C)(=O)=O. The zero-order valence-electron chi connectivity index (χ0n) is 24.8. The van der Waals surface area contributed by atoms with Crippen molar-refractivity contribution in [1.29, 1.82) is 0 Å². The van der Waals surface area contributed by atoms with Crippen molar-refractivity contribution in [2.45, 2.75) is 72.0 Å². The fourth-order valence-electron chi connectivity index (χ4n) is 4.79. The maximum absolute atomic E-state index is 14.0. The number of rotatable bonds is 14. The zero-order valence-corrected chi connectivity index (χ0v) is 25.7. The molecule has 0 radical (unpaired) electrons. The smallest absolute Gasteiger partial charge is 0.243 e. The van der Waals surface area contributed by atoms with E-state index in [9.17, 15) is 18.0 Å². The summed E-state index contributed by atoms with van der Waals surface area (Å²) in [5.41, 5.74) is 4.41. The summed E-state index contributed by atoms with van der Waals surface area (Å²) in [6.45, 7) is 8.27. The van der Waals surface area contributed by atoms with Gasteiger partial charge in [-0.05, 0) is 61.9 Å². The normalized spacial score (nSPS) is 12.8. The van der Waals surface area contributed by atoms with Crippen LogP contribution < -0.4 is 9.62 Å². The molecule has 3 aromatic carbocycles. The fraction of sp³-hybridized carbons (Fsp3) is 0.394. The van der Waals surface area contributed by atoms with Crippen LogP contribution in [0.5, 0.6) is 0 Å². The summed E-state index contributed by atoms with van der Waals surface area (Å²) in [6.07, 6.45) is 2.75. The summed E-state index contributed by atoms with van der Waals surface area (Å²) < 4.78 is 26.7. The van der Waals surface area contributed by atoms with Crippen LogP contribution in [0, 0.1) is 13.8 Å². The van der Waals surface area contributed by atoms with Crippen LogP contribution in [0.4, 0.5) is 5.69 Å². The van der Waals surface area contributed by atoms with Gasteiger partial charge in [-0.15, -0.1) is 0 Å². The van der Waals surface area contributed by atoms with Gasteiger partial charge in [0.25, 0.3) is 0 Å². The molecule has 3 rings (SSSR count). The number of benzene rings is 3. The molecule has 0 fully saturated rings. The Hall–Kier alpha value is -3.65. The largest absolute Gasteiger partial charge is 0.352 e. The standard InChI is InChI=1S/C33H43N3O4S/c1-6-27(4)34-33(38)31(23-28-17-8-7-9-18-28)35(24-29-19-12-10-15-25(29)2)32(37)21-14-22-36(41(5,39)40)30-20-13-11-16-26(30)3/h7-13,15-20,27,31H,6,14,21-24H2,1-5H3,(H,34,38)/t27-,31-/m1/s1. The Balaban J connectivity index is 1.91. The Kier molecular flexibility index (Phi) is 11.5. The number of para-hydroxylation sites is 1. The third-order valence-electron chi connectivity index (χ3n) is 7.41. The molecule has 0 aliphatic rings. The van der Waals surface area contributed by atoms with E-state index in [-0.39, 0.29) is 37.4 Å². The summed E-state index contributed by atoms with van der Waals surface area (Å²) in [7, 11) is -3.56. The van der Waals surface area contributed by atoms with E-state index in [2.05, 4.69) is 5.32 Å². The van der Waals surface area contributed by atoms with Gasteiger partial charge in [-0.25, -0.2) is 8.42 Å².